The Kier molecular flexibility index (Phi) is 1.40. The molecule has 82 valence electrons. The van der Waals surface area contributed by atoms with E-state index in [-0.39, 0.29) is 0 Å². The fourth-order valence-electron chi connectivity index (χ4n) is 3.57. The van der Waals surface area contributed by atoms with Gasteiger partial charge in [0.25, 0.3) is 0 Å². The summed E-state index contributed by atoms with van der Waals surface area (Å²) in [6, 6.07) is 9.39. The van der Waals surface area contributed by atoms with Crippen LogP contribution in [0.5, 0.6) is 0 Å². The summed E-state index contributed by atoms with van der Waals surface area (Å²) >= 11 is 2.05. The molecule has 0 saturated heterocycles. The predicted molar refractivity (Wildman–Crippen MR) is 74.1 cm³/mol. The van der Waals surface area contributed by atoms with Gasteiger partial charge < -0.3 is 0 Å². The van der Waals surface area contributed by atoms with E-state index in [1.54, 1.807) is 42.4 Å². The van der Waals surface area contributed by atoms with Gasteiger partial charge in [-0.3, -0.25) is 0 Å². The van der Waals surface area contributed by atoms with Gasteiger partial charge in [0.05, 0.1) is 0 Å². The number of hydrogen-bond acceptors (Lipinski definition) is 1. The predicted octanol–water partition coefficient (Wildman–Crippen LogP) is 4.25. The third kappa shape index (κ3) is 0.916. The van der Waals surface area contributed by atoms with Crippen LogP contribution in [0.4, 0.5) is 0 Å². The molecule has 0 unspecified atom stereocenters. The van der Waals surface area contributed by atoms with Crippen molar-refractivity contribution in [3.8, 4) is 0 Å². The monoisotopic (exact) mass is 236 g/mol. The second kappa shape index (κ2) is 2.73. The Morgan fingerprint density at radius 3 is 1.41 bits per heavy atom. The summed E-state index contributed by atoms with van der Waals surface area (Å²) < 4.78 is 3.17. The topological polar surface area (TPSA) is 0 Å². The zero-order valence-electron chi connectivity index (χ0n) is 9.55. The second-order valence-electron chi connectivity index (χ2n) is 5.28. The Balaban J connectivity index is 2.18. The second-order valence-corrected chi connectivity index (χ2v) is 6.30. The van der Waals surface area contributed by atoms with Crippen molar-refractivity contribution in [2.45, 2.75) is 25.7 Å². The molecular weight excluding hydrogens is 224 g/mol. The molecule has 0 nitrogen and oxygen atoms in total. The molecule has 1 heteroatoms. The smallest absolute Gasteiger partial charge is 0.0390 e. The molecule has 1 aromatic heterocycles. The molecule has 7 rings (SSSR count). The fraction of sp³-hybridized carbons (Fsp3) is 0.250. The lowest BCUT2D eigenvalue weighted by atomic mass is 9.86. The van der Waals surface area contributed by atoms with Crippen molar-refractivity contribution in [1.29, 1.82) is 0 Å². The van der Waals surface area contributed by atoms with Gasteiger partial charge in [0.1, 0.15) is 0 Å². The number of thiophene rings is 1. The van der Waals surface area contributed by atoms with Crippen LogP contribution in [-0.2, 0) is 25.7 Å². The highest BCUT2D eigenvalue weighted by molar-refractivity contribution is 7.26. The molecule has 17 heavy (non-hydrogen) atoms. The van der Waals surface area contributed by atoms with E-state index in [1.165, 1.54) is 25.7 Å². The van der Waals surface area contributed by atoms with Crippen LogP contribution in [0.15, 0.2) is 24.3 Å². The first-order chi connectivity index (χ1) is 8.42. The maximum absolute atomic E-state index is 2.35. The Bertz CT molecular complexity index is 726. The SMILES string of the molecule is c1cc2c3c(sc4c5ccc(c43)CC5)c1CC2. The molecule has 0 amide bonds. The minimum Gasteiger partial charge on any atom is -0.135 e. The molecule has 4 bridgehead atoms. The maximum atomic E-state index is 2.35. The molecule has 1 heterocycles. The summed E-state index contributed by atoms with van der Waals surface area (Å²) in [4.78, 5) is 0. The van der Waals surface area contributed by atoms with Gasteiger partial charge >= 0.3 is 0 Å². The van der Waals surface area contributed by atoms with Gasteiger partial charge in [0.2, 0.25) is 0 Å². The molecule has 0 atom stereocenters. The van der Waals surface area contributed by atoms with Crippen LogP contribution in [0.3, 0.4) is 0 Å². The van der Waals surface area contributed by atoms with Crippen molar-refractivity contribution in [3.63, 3.8) is 0 Å². The van der Waals surface area contributed by atoms with E-state index in [2.05, 4.69) is 24.3 Å². The van der Waals surface area contributed by atoms with Gasteiger partial charge in [-0.25, -0.2) is 0 Å². The Labute approximate surface area is 104 Å². The minimum absolute atomic E-state index is 1.26. The molecule has 0 aliphatic heterocycles. The Hall–Kier alpha value is -1.34. The van der Waals surface area contributed by atoms with Crippen LogP contribution < -0.4 is 0 Å². The van der Waals surface area contributed by atoms with Gasteiger partial charge in [0, 0.05) is 20.2 Å². The van der Waals surface area contributed by atoms with Crippen LogP contribution in [0.25, 0.3) is 20.2 Å². The summed E-state index contributed by atoms with van der Waals surface area (Å²) in [6.45, 7) is 0. The first kappa shape index (κ1) is 8.71. The molecule has 0 spiro atoms. The lowest BCUT2D eigenvalue weighted by molar-refractivity contribution is 0.944. The molecule has 0 radical (unpaired) electrons. The van der Waals surface area contributed by atoms with Crippen LogP contribution in [-0.4, -0.2) is 0 Å². The van der Waals surface area contributed by atoms with E-state index in [9.17, 15) is 0 Å². The summed E-state index contributed by atoms with van der Waals surface area (Å²) in [5.41, 5.74) is 6.33. The molecule has 0 N–H and O–H groups in total. The van der Waals surface area contributed by atoms with Crippen molar-refractivity contribution in [1.82, 2.24) is 0 Å². The number of aryl methyl sites for hydroxylation is 4. The fourth-order valence-corrected chi connectivity index (χ4v) is 5.04. The van der Waals surface area contributed by atoms with Gasteiger partial charge in [-0.2, -0.15) is 0 Å². The lowest BCUT2D eigenvalue weighted by Gasteiger charge is -2.17. The number of rotatable bonds is 0. The average molecular weight is 236 g/mol. The van der Waals surface area contributed by atoms with Crippen molar-refractivity contribution in [2.24, 2.45) is 0 Å². The van der Waals surface area contributed by atoms with Gasteiger partial charge in [-0.05, 0) is 47.9 Å². The van der Waals surface area contributed by atoms with Gasteiger partial charge in [-0.1, -0.05) is 24.3 Å². The third-order valence-corrected chi connectivity index (χ3v) is 5.77. The van der Waals surface area contributed by atoms with E-state index in [1.807, 2.05) is 11.3 Å². The first-order valence-electron chi connectivity index (χ1n) is 6.39. The molecule has 3 aromatic rings. The maximum Gasteiger partial charge on any atom is 0.0390 e. The minimum atomic E-state index is 1.26. The highest BCUT2D eigenvalue weighted by atomic mass is 32.1. The zero-order valence-corrected chi connectivity index (χ0v) is 10.4. The van der Waals surface area contributed by atoms with Crippen LogP contribution >= 0.6 is 11.3 Å². The quantitative estimate of drug-likeness (QED) is 0.547. The van der Waals surface area contributed by atoms with Gasteiger partial charge in [-0.15, -0.1) is 11.3 Å². The third-order valence-electron chi connectivity index (χ3n) is 4.43. The van der Waals surface area contributed by atoms with Crippen molar-refractivity contribution >= 4 is 31.5 Å². The van der Waals surface area contributed by atoms with E-state index in [0.29, 0.717) is 0 Å². The van der Waals surface area contributed by atoms with Gasteiger partial charge in [0.15, 0.2) is 0 Å². The van der Waals surface area contributed by atoms with Crippen LogP contribution in [0.2, 0.25) is 0 Å². The zero-order chi connectivity index (χ0) is 11.0. The normalized spacial score (nSPS) is 16.5. The number of hydrogen-bond donors (Lipinski definition) is 0. The molecule has 0 saturated carbocycles. The van der Waals surface area contributed by atoms with Crippen LogP contribution in [0.1, 0.15) is 22.3 Å². The number of fused-ring (bicyclic) bond motifs is 4. The van der Waals surface area contributed by atoms with Crippen molar-refractivity contribution < 1.29 is 0 Å². The molecule has 4 aliphatic carbocycles. The first-order valence-corrected chi connectivity index (χ1v) is 7.21. The van der Waals surface area contributed by atoms with E-state index in [0.717, 1.165) is 0 Å². The summed E-state index contributed by atoms with van der Waals surface area (Å²) in [5, 5.41) is 3.20. The largest absolute Gasteiger partial charge is 0.135 e. The van der Waals surface area contributed by atoms with Crippen LogP contribution in [0, 0.1) is 0 Å². The standard InChI is InChI=1S/C16H12S/c1-5-11-6-2-9(1)13-14-10-3-7-12(8-4-10)16(14)17-15(11)13/h1,3,5,7H,2,4,6,8H2. The van der Waals surface area contributed by atoms with Crippen molar-refractivity contribution in [2.75, 3.05) is 0 Å². The van der Waals surface area contributed by atoms with Crippen molar-refractivity contribution in [3.05, 3.63) is 46.5 Å². The van der Waals surface area contributed by atoms with E-state index >= 15 is 0 Å². The molecule has 4 aliphatic rings. The Morgan fingerprint density at radius 2 is 1.00 bits per heavy atom. The molecular formula is C16H12S. The number of benzene rings is 2. The highest BCUT2D eigenvalue weighted by Gasteiger charge is 2.23. The van der Waals surface area contributed by atoms with E-state index < -0.39 is 0 Å². The average Bonchev–Trinajstić information content (AvgIpc) is 2.85. The summed E-state index contributed by atoms with van der Waals surface area (Å²) in [5.74, 6) is 0. The highest BCUT2D eigenvalue weighted by Crippen LogP contribution is 2.46. The summed E-state index contributed by atoms with van der Waals surface area (Å²) in [7, 11) is 0. The molecule has 0 fully saturated rings. The Morgan fingerprint density at radius 1 is 0.588 bits per heavy atom. The summed E-state index contributed by atoms with van der Waals surface area (Å²) in [6.07, 6.45) is 5.04. The molecule has 2 aromatic carbocycles. The van der Waals surface area contributed by atoms with E-state index in [4.69, 9.17) is 0 Å². The lowest BCUT2D eigenvalue weighted by Crippen LogP contribution is -2.03.